The van der Waals surface area contributed by atoms with E-state index >= 15 is 0 Å². The number of fused-ring (bicyclic) bond motifs is 1. The second-order valence-electron chi connectivity index (χ2n) is 3.67. The van der Waals surface area contributed by atoms with Gasteiger partial charge in [-0.05, 0) is 18.6 Å². The summed E-state index contributed by atoms with van der Waals surface area (Å²) in [5.41, 5.74) is 1.49. The van der Waals surface area contributed by atoms with Crippen molar-refractivity contribution in [2.24, 2.45) is 0 Å². The topological polar surface area (TPSA) is 68.0 Å². The Morgan fingerprint density at radius 2 is 2.25 bits per heavy atom. The molecule has 2 aromatic rings. The summed E-state index contributed by atoms with van der Waals surface area (Å²) >= 11 is 0. The van der Waals surface area contributed by atoms with Crippen LogP contribution in [0.25, 0.3) is 11.0 Å². The lowest BCUT2D eigenvalue weighted by Crippen LogP contribution is -2.20. The van der Waals surface area contributed by atoms with Crippen LogP contribution in [0.3, 0.4) is 0 Å². The average Bonchev–Trinajstić information content (AvgIpc) is 2.69. The molecular weight excluding hydrogens is 206 g/mol. The second kappa shape index (κ2) is 4.30. The fourth-order valence-electron chi connectivity index (χ4n) is 1.74. The summed E-state index contributed by atoms with van der Waals surface area (Å²) in [4.78, 5) is 11.1. The molecule has 5 nitrogen and oxygen atoms in total. The number of hydrogen-bond acceptors (Lipinski definition) is 3. The van der Waals surface area contributed by atoms with E-state index in [4.69, 9.17) is 5.11 Å². The monoisotopic (exact) mass is 219 g/mol. The van der Waals surface area contributed by atoms with Gasteiger partial charge in [0.2, 0.25) is 0 Å². The molecule has 0 radical (unpaired) electrons. The lowest BCUT2D eigenvalue weighted by Gasteiger charge is -2.11. The zero-order valence-corrected chi connectivity index (χ0v) is 9.00. The molecule has 0 bridgehead atoms. The minimum atomic E-state index is -0.863. The minimum absolute atomic E-state index is 0.558. The average molecular weight is 219 g/mol. The third-order valence-electron chi connectivity index (χ3n) is 2.52. The molecule has 1 N–H and O–H groups in total. The smallest absolute Gasteiger partial charge is 0.328 e. The molecule has 2 rings (SSSR count). The molecule has 84 valence electrons. The van der Waals surface area contributed by atoms with E-state index < -0.39 is 12.0 Å². The van der Waals surface area contributed by atoms with Gasteiger partial charge in [0.1, 0.15) is 5.52 Å². The van der Waals surface area contributed by atoms with Crippen LogP contribution in [-0.2, 0) is 4.79 Å². The van der Waals surface area contributed by atoms with E-state index in [2.05, 4.69) is 10.3 Å². The zero-order chi connectivity index (χ0) is 11.5. The van der Waals surface area contributed by atoms with Gasteiger partial charge in [-0.25, -0.2) is 9.48 Å². The first-order chi connectivity index (χ1) is 7.74. The number of carboxylic acid groups (broad SMARTS) is 1. The van der Waals surface area contributed by atoms with Crippen molar-refractivity contribution in [3.63, 3.8) is 0 Å². The molecule has 0 aliphatic carbocycles. The van der Waals surface area contributed by atoms with Gasteiger partial charge in [0, 0.05) is 0 Å². The molecule has 1 unspecified atom stereocenters. The maximum atomic E-state index is 11.1. The number of carboxylic acids is 1. The molecule has 0 saturated carbocycles. The summed E-state index contributed by atoms with van der Waals surface area (Å²) in [7, 11) is 0. The van der Waals surface area contributed by atoms with Crippen LogP contribution in [0.15, 0.2) is 24.3 Å². The number of aliphatic carboxylic acids is 1. The Labute approximate surface area is 92.7 Å². The van der Waals surface area contributed by atoms with E-state index in [0.29, 0.717) is 6.42 Å². The molecule has 0 saturated heterocycles. The SMILES string of the molecule is CCCC(C(=O)O)n1nnc2ccccc21. The van der Waals surface area contributed by atoms with E-state index in [9.17, 15) is 4.79 Å². The second-order valence-corrected chi connectivity index (χ2v) is 3.67. The van der Waals surface area contributed by atoms with E-state index in [-0.39, 0.29) is 0 Å². The Morgan fingerprint density at radius 3 is 2.94 bits per heavy atom. The maximum absolute atomic E-state index is 11.1. The van der Waals surface area contributed by atoms with Crippen LogP contribution in [0, 0.1) is 0 Å². The molecule has 0 fully saturated rings. The Bertz CT molecular complexity index is 507. The fourth-order valence-corrected chi connectivity index (χ4v) is 1.74. The first kappa shape index (κ1) is 10.6. The normalized spacial score (nSPS) is 12.8. The molecule has 0 aliphatic rings. The molecular formula is C11H13N3O2. The summed E-state index contributed by atoms with van der Waals surface area (Å²) < 4.78 is 1.49. The molecule has 1 atom stereocenters. The summed E-state index contributed by atoms with van der Waals surface area (Å²) in [6, 6.07) is 6.74. The molecule has 0 spiro atoms. The van der Waals surface area contributed by atoms with Gasteiger partial charge >= 0.3 is 5.97 Å². The van der Waals surface area contributed by atoms with Crippen LogP contribution in [0.1, 0.15) is 25.8 Å². The third-order valence-corrected chi connectivity index (χ3v) is 2.52. The van der Waals surface area contributed by atoms with E-state index in [0.717, 1.165) is 17.5 Å². The molecule has 5 heteroatoms. The Kier molecular flexibility index (Phi) is 2.85. The van der Waals surface area contributed by atoms with Crippen molar-refractivity contribution in [1.29, 1.82) is 0 Å². The quantitative estimate of drug-likeness (QED) is 0.852. The number of hydrogen-bond donors (Lipinski definition) is 1. The molecule has 0 aliphatic heterocycles. The molecule has 16 heavy (non-hydrogen) atoms. The number of rotatable bonds is 4. The fraction of sp³-hybridized carbons (Fsp3) is 0.364. The van der Waals surface area contributed by atoms with Crippen LogP contribution in [0.5, 0.6) is 0 Å². The highest BCUT2D eigenvalue weighted by atomic mass is 16.4. The van der Waals surface area contributed by atoms with Crippen LogP contribution in [0.2, 0.25) is 0 Å². The van der Waals surface area contributed by atoms with Gasteiger partial charge in [-0.15, -0.1) is 5.10 Å². The van der Waals surface area contributed by atoms with Gasteiger partial charge in [-0.3, -0.25) is 0 Å². The number of aromatic nitrogens is 3. The largest absolute Gasteiger partial charge is 0.480 e. The van der Waals surface area contributed by atoms with Gasteiger partial charge in [0.05, 0.1) is 5.52 Å². The van der Waals surface area contributed by atoms with E-state index in [1.54, 1.807) is 0 Å². The highest BCUT2D eigenvalue weighted by Crippen LogP contribution is 2.19. The van der Waals surface area contributed by atoms with Crippen molar-refractivity contribution in [3.8, 4) is 0 Å². The van der Waals surface area contributed by atoms with Crippen molar-refractivity contribution >= 4 is 17.0 Å². The van der Waals surface area contributed by atoms with Crippen LogP contribution in [-0.4, -0.2) is 26.1 Å². The lowest BCUT2D eigenvalue weighted by molar-refractivity contribution is -0.141. The van der Waals surface area contributed by atoms with Gasteiger partial charge in [-0.1, -0.05) is 30.7 Å². The number of carbonyl (C=O) groups is 1. The molecule has 1 aromatic carbocycles. The highest BCUT2D eigenvalue weighted by Gasteiger charge is 2.21. The summed E-state index contributed by atoms with van der Waals surface area (Å²) in [5.74, 6) is -0.863. The van der Waals surface area contributed by atoms with Gasteiger partial charge in [-0.2, -0.15) is 0 Å². The van der Waals surface area contributed by atoms with E-state index in [1.807, 2.05) is 31.2 Å². The van der Waals surface area contributed by atoms with Crippen molar-refractivity contribution in [2.75, 3.05) is 0 Å². The Hall–Kier alpha value is -1.91. The van der Waals surface area contributed by atoms with E-state index in [1.165, 1.54) is 4.68 Å². The minimum Gasteiger partial charge on any atom is -0.480 e. The van der Waals surface area contributed by atoms with Crippen molar-refractivity contribution < 1.29 is 9.90 Å². The Morgan fingerprint density at radius 1 is 1.50 bits per heavy atom. The lowest BCUT2D eigenvalue weighted by atomic mass is 10.1. The van der Waals surface area contributed by atoms with Crippen LogP contribution >= 0.6 is 0 Å². The third kappa shape index (κ3) is 1.76. The Balaban J connectivity index is 2.48. The predicted octanol–water partition coefficient (Wildman–Crippen LogP) is 1.86. The standard InChI is InChI=1S/C11H13N3O2/c1-2-5-10(11(15)16)14-9-7-4-3-6-8(9)12-13-14/h3-4,6-7,10H,2,5H2,1H3,(H,15,16). The van der Waals surface area contributed by atoms with Crippen molar-refractivity contribution in [1.82, 2.24) is 15.0 Å². The number of nitrogens with zero attached hydrogens (tertiary/aromatic N) is 3. The summed E-state index contributed by atoms with van der Waals surface area (Å²) in [6.07, 6.45) is 1.36. The van der Waals surface area contributed by atoms with Crippen molar-refractivity contribution in [2.45, 2.75) is 25.8 Å². The zero-order valence-electron chi connectivity index (χ0n) is 9.00. The predicted molar refractivity (Wildman–Crippen MR) is 59.1 cm³/mol. The highest BCUT2D eigenvalue weighted by molar-refractivity contribution is 5.78. The molecule has 0 amide bonds. The summed E-state index contributed by atoms with van der Waals surface area (Å²) in [5, 5.41) is 17.0. The van der Waals surface area contributed by atoms with Crippen LogP contribution < -0.4 is 0 Å². The summed E-state index contributed by atoms with van der Waals surface area (Å²) in [6.45, 7) is 1.95. The van der Waals surface area contributed by atoms with Gasteiger partial charge in [0.25, 0.3) is 0 Å². The van der Waals surface area contributed by atoms with Crippen LogP contribution in [0.4, 0.5) is 0 Å². The molecule has 1 heterocycles. The number of benzene rings is 1. The van der Waals surface area contributed by atoms with Crippen molar-refractivity contribution in [3.05, 3.63) is 24.3 Å². The van der Waals surface area contributed by atoms with Gasteiger partial charge in [0.15, 0.2) is 6.04 Å². The molecule has 1 aromatic heterocycles. The first-order valence-electron chi connectivity index (χ1n) is 5.26. The first-order valence-corrected chi connectivity index (χ1v) is 5.26. The van der Waals surface area contributed by atoms with Gasteiger partial charge < -0.3 is 5.11 Å². The maximum Gasteiger partial charge on any atom is 0.328 e. The number of para-hydroxylation sites is 1.